The lowest BCUT2D eigenvalue weighted by molar-refractivity contribution is -0.114. The summed E-state index contributed by atoms with van der Waals surface area (Å²) in [5.41, 5.74) is 0.632. The fraction of sp³-hybridized carbons (Fsp3) is 0.286. The zero-order valence-corrected chi connectivity index (χ0v) is 12.9. The molecule has 0 atom stereocenters. The van der Waals surface area contributed by atoms with E-state index >= 15 is 0 Å². The molecule has 1 heterocycles. The Morgan fingerprint density at radius 2 is 2.05 bits per heavy atom. The van der Waals surface area contributed by atoms with E-state index in [4.69, 9.17) is 4.52 Å². The first-order chi connectivity index (χ1) is 10.3. The van der Waals surface area contributed by atoms with Gasteiger partial charge in [0.25, 0.3) is 0 Å². The Balaban J connectivity index is 2.09. The number of hydrogen-bond donors (Lipinski definition) is 1. The number of hydrogen-bond acceptors (Lipinski definition) is 5. The molecule has 1 aromatic heterocycles. The third kappa shape index (κ3) is 3.70. The van der Waals surface area contributed by atoms with E-state index in [9.17, 15) is 17.6 Å². The zero-order valence-electron chi connectivity index (χ0n) is 12.0. The quantitative estimate of drug-likeness (QED) is 0.911. The van der Waals surface area contributed by atoms with Gasteiger partial charge >= 0.3 is 0 Å². The molecule has 118 valence electrons. The summed E-state index contributed by atoms with van der Waals surface area (Å²) in [4.78, 5) is 11.3. The second kappa shape index (κ2) is 6.27. The molecule has 0 saturated carbocycles. The molecule has 6 nitrogen and oxygen atoms in total. The molecule has 0 aliphatic carbocycles. The zero-order chi connectivity index (χ0) is 16.3. The van der Waals surface area contributed by atoms with Gasteiger partial charge in [-0.3, -0.25) is 10.1 Å². The Kier molecular flexibility index (Phi) is 4.60. The molecular formula is C14H15FN2O4S. The maximum absolute atomic E-state index is 13.5. The fourth-order valence-electron chi connectivity index (χ4n) is 1.74. The number of sulfone groups is 1. The lowest BCUT2D eigenvalue weighted by Crippen LogP contribution is -2.23. The highest BCUT2D eigenvalue weighted by molar-refractivity contribution is 7.92. The van der Waals surface area contributed by atoms with E-state index in [0.29, 0.717) is 5.69 Å². The van der Waals surface area contributed by atoms with E-state index in [0.717, 1.165) is 12.1 Å². The number of nitrogens with one attached hydrogen (secondary N) is 1. The molecule has 1 aromatic carbocycles. The second-order valence-electron chi connectivity index (χ2n) is 5.01. The summed E-state index contributed by atoms with van der Waals surface area (Å²) in [5.74, 6) is -2.44. The van der Waals surface area contributed by atoms with Crippen LogP contribution in [0.3, 0.4) is 0 Å². The van der Waals surface area contributed by atoms with Crippen molar-refractivity contribution in [3.05, 3.63) is 41.8 Å². The molecule has 0 aliphatic rings. The molecule has 0 bridgehead atoms. The molecule has 0 unspecified atom stereocenters. The number of aromatic nitrogens is 1. The second-order valence-corrected chi connectivity index (χ2v) is 6.97. The average molecular weight is 326 g/mol. The highest BCUT2D eigenvalue weighted by atomic mass is 32.2. The number of halogens is 1. The van der Waals surface area contributed by atoms with Crippen molar-refractivity contribution in [2.75, 3.05) is 11.1 Å². The number of carbonyl (C=O) groups excluding carboxylic acids is 1. The number of amides is 1. The monoisotopic (exact) mass is 326 g/mol. The van der Waals surface area contributed by atoms with Crippen LogP contribution >= 0.6 is 0 Å². The first kappa shape index (κ1) is 16.2. The smallest absolute Gasteiger partial charge is 0.242 e. The van der Waals surface area contributed by atoms with Gasteiger partial charge < -0.3 is 4.52 Å². The SMILES string of the molecule is CC(C)c1cc(NC(=O)CS(=O)(=O)c2ccccc2F)on1. The highest BCUT2D eigenvalue weighted by Crippen LogP contribution is 2.18. The Bertz CT molecular complexity index is 784. The van der Waals surface area contributed by atoms with Gasteiger partial charge in [0, 0.05) is 6.07 Å². The van der Waals surface area contributed by atoms with Crippen molar-refractivity contribution in [3.8, 4) is 0 Å². The maximum atomic E-state index is 13.5. The largest absolute Gasteiger partial charge is 0.338 e. The van der Waals surface area contributed by atoms with Crippen molar-refractivity contribution >= 4 is 21.6 Å². The molecule has 8 heteroatoms. The van der Waals surface area contributed by atoms with E-state index < -0.39 is 32.2 Å². The Hall–Kier alpha value is -2.22. The third-order valence-electron chi connectivity index (χ3n) is 2.88. The van der Waals surface area contributed by atoms with Crippen LogP contribution in [0.4, 0.5) is 10.3 Å². The summed E-state index contributed by atoms with van der Waals surface area (Å²) in [6, 6.07) is 6.41. The molecule has 0 saturated heterocycles. The van der Waals surface area contributed by atoms with E-state index in [1.807, 2.05) is 13.8 Å². The summed E-state index contributed by atoms with van der Waals surface area (Å²) in [7, 11) is -4.07. The predicted octanol–water partition coefficient (Wildman–Crippen LogP) is 2.35. The average Bonchev–Trinajstić information content (AvgIpc) is 2.86. The Labute approximate surface area is 127 Å². The van der Waals surface area contributed by atoms with Crippen molar-refractivity contribution in [1.29, 1.82) is 0 Å². The first-order valence-electron chi connectivity index (χ1n) is 6.53. The van der Waals surface area contributed by atoms with Gasteiger partial charge in [0.2, 0.25) is 11.8 Å². The summed E-state index contributed by atoms with van der Waals surface area (Å²) < 4.78 is 42.4. The summed E-state index contributed by atoms with van der Waals surface area (Å²) >= 11 is 0. The van der Waals surface area contributed by atoms with Crippen LogP contribution in [0.5, 0.6) is 0 Å². The van der Waals surface area contributed by atoms with Crippen molar-refractivity contribution in [2.45, 2.75) is 24.7 Å². The minimum absolute atomic E-state index is 0.0532. The molecule has 0 fully saturated rings. The van der Waals surface area contributed by atoms with Crippen LogP contribution in [0.1, 0.15) is 25.5 Å². The standard InChI is InChI=1S/C14H15FN2O4S/c1-9(2)11-7-14(21-17-11)16-13(18)8-22(19,20)12-6-4-3-5-10(12)15/h3-7,9H,8H2,1-2H3,(H,16,18). The molecule has 22 heavy (non-hydrogen) atoms. The lowest BCUT2D eigenvalue weighted by atomic mass is 10.1. The summed E-state index contributed by atoms with van der Waals surface area (Å²) in [6.45, 7) is 3.79. The molecule has 2 rings (SSSR count). The minimum atomic E-state index is -4.07. The number of nitrogens with zero attached hydrogens (tertiary/aromatic N) is 1. The van der Waals surface area contributed by atoms with E-state index in [-0.39, 0.29) is 11.8 Å². The molecule has 2 aromatic rings. The highest BCUT2D eigenvalue weighted by Gasteiger charge is 2.23. The molecule has 1 N–H and O–H groups in total. The molecule has 0 radical (unpaired) electrons. The van der Waals surface area contributed by atoms with Crippen LogP contribution in [0, 0.1) is 5.82 Å². The number of benzene rings is 1. The van der Waals surface area contributed by atoms with Crippen LogP contribution in [-0.2, 0) is 14.6 Å². The van der Waals surface area contributed by atoms with Gasteiger partial charge in [0.15, 0.2) is 9.84 Å². The van der Waals surface area contributed by atoms with Crippen LogP contribution < -0.4 is 5.32 Å². The van der Waals surface area contributed by atoms with Gasteiger partial charge in [-0.15, -0.1) is 0 Å². The molecule has 1 amide bonds. The van der Waals surface area contributed by atoms with Crippen molar-refractivity contribution in [3.63, 3.8) is 0 Å². The van der Waals surface area contributed by atoms with Gasteiger partial charge in [-0.1, -0.05) is 31.1 Å². The third-order valence-corrected chi connectivity index (χ3v) is 4.52. The van der Waals surface area contributed by atoms with Gasteiger partial charge in [0.1, 0.15) is 16.5 Å². The molecule has 0 spiro atoms. The van der Waals surface area contributed by atoms with Gasteiger partial charge in [-0.25, -0.2) is 12.8 Å². The lowest BCUT2D eigenvalue weighted by Gasteiger charge is -2.05. The van der Waals surface area contributed by atoms with Crippen LogP contribution in [-0.4, -0.2) is 25.2 Å². The van der Waals surface area contributed by atoms with Crippen LogP contribution in [0.25, 0.3) is 0 Å². The van der Waals surface area contributed by atoms with Crippen molar-refractivity contribution in [1.82, 2.24) is 5.16 Å². The van der Waals surface area contributed by atoms with Gasteiger partial charge in [0.05, 0.1) is 5.69 Å². The van der Waals surface area contributed by atoms with Crippen LogP contribution in [0.2, 0.25) is 0 Å². The topological polar surface area (TPSA) is 89.3 Å². The minimum Gasteiger partial charge on any atom is -0.338 e. The summed E-state index contributed by atoms with van der Waals surface area (Å²) in [6.07, 6.45) is 0. The van der Waals surface area contributed by atoms with E-state index in [1.165, 1.54) is 18.2 Å². The Morgan fingerprint density at radius 1 is 1.36 bits per heavy atom. The molecular weight excluding hydrogens is 311 g/mol. The van der Waals surface area contributed by atoms with Crippen molar-refractivity contribution in [2.24, 2.45) is 0 Å². The van der Waals surface area contributed by atoms with E-state index in [1.54, 1.807) is 0 Å². The van der Waals surface area contributed by atoms with Crippen molar-refractivity contribution < 1.29 is 22.1 Å². The number of carbonyl (C=O) groups is 1. The number of anilines is 1. The summed E-state index contributed by atoms with van der Waals surface area (Å²) in [5, 5.41) is 6.03. The van der Waals surface area contributed by atoms with Gasteiger partial charge in [-0.05, 0) is 18.1 Å². The predicted molar refractivity (Wildman–Crippen MR) is 77.7 cm³/mol. The number of rotatable bonds is 5. The first-order valence-corrected chi connectivity index (χ1v) is 8.18. The van der Waals surface area contributed by atoms with E-state index in [2.05, 4.69) is 10.5 Å². The fourth-order valence-corrected chi connectivity index (χ4v) is 2.96. The normalized spacial score (nSPS) is 11.6. The Morgan fingerprint density at radius 3 is 2.64 bits per heavy atom. The maximum Gasteiger partial charge on any atom is 0.242 e. The molecule has 0 aliphatic heterocycles. The van der Waals surface area contributed by atoms with Gasteiger partial charge in [-0.2, -0.15) is 0 Å². The van der Waals surface area contributed by atoms with Crippen LogP contribution in [0.15, 0.2) is 39.8 Å².